The van der Waals surface area contributed by atoms with E-state index in [0.29, 0.717) is 34.7 Å². The lowest BCUT2D eigenvalue weighted by Gasteiger charge is -2.32. The van der Waals surface area contributed by atoms with Gasteiger partial charge in [-0.25, -0.2) is 4.79 Å². The monoisotopic (exact) mass is 403 g/mol. The molecule has 6 heteroatoms. The number of aryl methyl sites for hydroxylation is 2. The minimum Gasteiger partial charge on any atom is -0.471 e. The summed E-state index contributed by atoms with van der Waals surface area (Å²) in [5.41, 5.74) is 3.89. The van der Waals surface area contributed by atoms with Gasteiger partial charge in [0.05, 0.1) is 17.1 Å². The zero-order valence-corrected chi connectivity index (χ0v) is 16.7. The summed E-state index contributed by atoms with van der Waals surface area (Å²) in [4.78, 5) is 14.1. The number of hydrogen-bond donors (Lipinski definition) is 0. The average molecular weight is 404 g/mol. The summed E-state index contributed by atoms with van der Waals surface area (Å²) < 4.78 is 11.5. The fraction of sp³-hybridized carbons (Fsp3) is 0.286. The van der Waals surface area contributed by atoms with Crippen molar-refractivity contribution in [2.24, 2.45) is 0 Å². The SMILES string of the molecule is CCCc1cc(=O)oc2c3c(c(Cl)cc12)OCN(c1ccc(C)c(Cl)c1)C3. The summed E-state index contributed by atoms with van der Waals surface area (Å²) in [6.07, 6.45) is 1.72. The fourth-order valence-corrected chi connectivity index (χ4v) is 3.92. The molecule has 0 radical (unpaired) electrons. The van der Waals surface area contributed by atoms with Gasteiger partial charge in [-0.3, -0.25) is 0 Å². The Hall–Kier alpha value is -2.17. The van der Waals surface area contributed by atoms with Gasteiger partial charge in [0.15, 0.2) is 6.73 Å². The van der Waals surface area contributed by atoms with Crippen LogP contribution in [-0.2, 0) is 13.0 Å². The van der Waals surface area contributed by atoms with Crippen LogP contribution in [0.15, 0.2) is 39.5 Å². The average Bonchev–Trinajstić information content (AvgIpc) is 2.65. The molecule has 0 amide bonds. The standard InChI is InChI=1S/C21H19Cl2NO3/c1-3-4-13-7-19(25)27-20-15(13)9-18(23)21-16(20)10-24(11-26-21)14-6-5-12(2)17(22)8-14/h5-9H,3-4,10-11H2,1-2H3. The molecule has 4 nitrogen and oxygen atoms in total. The molecule has 0 bridgehead atoms. The van der Waals surface area contributed by atoms with Gasteiger partial charge in [-0.15, -0.1) is 0 Å². The molecule has 1 aliphatic rings. The van der Waals surface area contributed by atoms with E-state index in [1.807, 2.05) is 36.1 Å². The minimum atomic E-state index is -0.356. The Morgan fingerprint density at radius 3 is 2.70 bits per heavy atom. The molecule has 0 fully saturated rings. The molecule has 0 spiro atoms. The lowest BCUT2D eigenvalue weighted by atomic mass is 10.0. The highest BCUT2D eigenvalue weighted by atomic mass is 35.5. The van der Waals surface area contributed by atoms with Gasteiger partial charge in [0.2, 0.25) is 0 Å². The molecule has 0 aliphatic carbocycles. The van der Waals surface area contributed by atoms with Crippen LogP contribution in [0.25, 0.3) is 11.0 Å². The maximum Gasteiger partial charge on any atom is 0.336 e. The maximum atomic E-state index is 12.1. The third-order valence-electron chi connectivity index (χ3n) is 4.88. The number of fused-ring (bicyclic) bond motifs is 3. The van der Waals surface area contributed by atoms with Crippen molar-refractivity contribution in [1.82, 2.24) is 0 Å². The van der Waals surface area contributed by atoms with E-state index in [1.165, 1.54) is 0 Å². The normalized spacial score (nSPS) is 13.6. The second-order valence-corrected chi connectivity index (χ2v) is 7.60. The molecule has 2 heterocycles. The van der Waals surface area contributed by atoms with Gasteiger partial charge in [0.25, 0.3) is 0 Å². The Bertz CT molecular complexity index is 1090. The highest BCUT2D eigenvalue weighted by Gasteiger charge is 2.25. The van der Waals surface area contributed by atoms with Crippen molar-refractivity contribution >= 4 is 39.9 Å². The number of rotatable bonds is 3. The van der Waals surface area contributed by atoms with Crippen LogP contribution >= 0.6 is 23.2 Å². The highest BCUT2D eigenvalue weighted by molar-refractivity contribution is 6.33. The lowest BCUT2D eigenvalue weighted by molar-refractivity contribution is 0.289. The van der Waals surface area contributed by atoms with Crippen LogP contribution in [-0.4, -0.2) is 6.73 Å². The van der Waals surface area contributed by atoms with Crippen LogP contribution in [0.3, 0.4) is 0 Å². The Kier molecular flexibility index (Phi) is 4.79. The first kappa shape index (κ1) is 18.2. The zero-order chi connectivity index (χ0) is 19.1. The summed E-state index contributed by atoms with van der Waals surface area (Å²) in [6, 6.07) is 9.28. The van der Waals surface area contributed by atoms with Crippen molar-refractivity contribution in [1.29, 1.82) is 0 Å². The van der Waals surface area contributed by atoms with Crippen LogP contribution in [0.4, 0.5) is 5.69 Å². The first-order valence-corrected chi connectivity index (χ1v) is 9.65. The summed E-state index contributed by atoms with van der Waals surface area (Å²) in [7, 11) is 0. The smallest absolute Gasteiger partial charge is 0.336 e. The van der Waals surface area contributed by atoms with Gasteiger partial charge >= 0.3 is 5.63 Å². The molecule has 140 valence electrons. The second-order valence-electron chi connectivity index (χ2n) is 6.79. The summed E-state index contributed by atoms with van der Waals surface area (Å²) in [5, 5.41) is 2.10. The number of benzene rings is 2. The lowest BCUT2D eigenvalue weighted by Crippen LogP contribution is -2.32. The van der Waals surface area contributed by atoms with Crippen molar-refractivity contribution in [2.45, 2.75) is 33.2 Å². The summed E-state index contributed by atoms with van der Waals surface area (Å²) in [6.45, 7) is 4.90. The number of ether oxygens (including phenoxy) is 1. The molecule has 0 N–H and O–H groups in total. The van der Waals surface area contributed by atoms with Gasteiger partial charge in [0, 0.05) is 22.2 Å². The largest absolute Gasteiger partial charge is 0.471 e. The molecule has 0 saturated heterocycles. The Labute approximate surface area is 167 Å². The Balaban J connectivity index is 1.86. The van der Waals surface area contributed by atoms with E-state index in [4.69, 9.17) is 32.4 Å². The van der Waals surface area contributed by atoms with Gasteiger partial charge in [-0.05, 0) is 42.7 Å². The Morgan fingerprint density at radius 2 is 1.96 bits per heavy atom. The molecule has 0 saturated carbocycles. The first-order chi connectivity index (χ1) is 13.0. The number of halogens is 2. The molecule has 2 aromatic carbocycles. The van der Waals surface area contributed by atoms with Crippen molar-refractivity contribution in [3.63, 3.8) is 0 Å². The molecule has 0 unspecified atom stereocenters. The predicted molar refractivity (Wildman–Crippen MR) is 109 cm³/mol. The molecule has 1 aromatic heterocycles. The van der Waals surface area contributed by atoms with Crippen molar-refractivity contribution in [3.8, 4) is 5.75 Å². The fourth-order valence-electron chi connectivity index (χ4n) is 3.47. The van der Waals surface area contributed by atoms with E-state index < -0.39 is 0 Å². The van der Waals surface area contributed by atoms with E-state index in [2.05, 4.69) is 6.92 Å². The topological polar surface area (TPSA) is 42.7 Å². The molecule has 3 aromatic rings. The summed E-state index contributed by atoms with van der Waals surface area (Å²) >= 11 is 12.8. The molecule has 4 rings (SSSR count). The van der Waals surface area contributed by atoms with Gasteiger partial charge in [-0.2, -0.15) is 0 Å². The first-order valence-electron chi connectivity index (χ1n) is 8.90. The van der Waals surface area contributed by atoms with Crippen LogP contribution in [0.1, 0.15) is 30.0 Å². The number of hydrogen-bond acceptors (Lipinski definition) is 4. The second kappa shape index (κ2) is 7.10. The molecular formula is C21H19Cl2NO3. The van der Waals surface area contributed by atoms with Crippen molar-refractivity contribution in [3.05, 3.63) is 67.5 Å². The van der Waals surface area contributed by atoms with Gasteiger partial charge in [0.1, 0.15) is 11.3 Å². The minimum absolute atomic E-state index is 0.344. The zero-order valence-electron chi connectivity index (χ0n) is 15.1. The van der Waals surface area contributed by atoms with Gasteiger partial charge in [-0.1, -0.05) is 42.6 Å². The van der Waals surface area contributed by atoms with Crippen molar-refractivity contribution in [2.75, 3.05) is 11.6 Å². The molecule has 27 heavy (non-hydrogen) atoms. The van der Waals surface area contributed by atoms with Gasteiger partial charge < -0.3 is 14.1 Å². The van der Waals surface area contributed by atoms with Crippen molar-refractivity contribution < 1.29 is 9.15 Å². The molecule has 1 aliphatic heterocycles. The van der Waals surface area contributed by atoms with Crippen LogP contribution in [0, 0.1) is 6.92 Å². The molecule has 0 atom stereocenters. The number of anilines is 1. The van der Waals surface area contributed by atoms with E-state index in [9.17, 15) is 4.79 Å². The third-order valence-corrected chi connectivity index (χ3v) is 5.56. The van der Waals surface area contributed by atoms with Crippen LogP contribution in [0.5, 0.6) is 5.75 Å². The highest BCUT2D eigenvalue weighted by Crippen LogP contribution is 2.40. The van der Waals surface area contributed by atoms with E-state index in [1.54, 1.807) is 6.07 Å². The summed E-state index contributed by atoms with van der Waals surface area (Å²) in [5.74, 6) is 0.579. The van der Waals surface area contributed by atoms with E-state index in [-0.39, 0.29) is 5.63 Å². The third kappa shape index (κ3) is 3.28. The maximum absolute atomic E-state index is 12.1. The van der Waals surface area contributed by atoms with Crippen LogP contribution < -0.4 is 15.3 Å². The molecular weight excluding hydrogens is 385 g/mol. The predicted octanol–water partition coefficient (Wildman–Crippen LogP) is 5.72. The van der Waals surface area contributed by atoms with E-state index >= 15 is 0 Å². The quantitative estimate of drug-likeness (QED) is 0.524. The Morgan fingerprint density at radius 1 is 1.15 bits per heavy atom. The van der Waals surface area contributed by atoms with Crippen LogP contribution in [0.2, 0.25) is 10.0 Å². The number of nitrogens with zero attached hydrogens (tertiary/aromatic N) is 1. The van der Waals surface area contributed by atoms with E-state index in [0.717, 1.165) is 40.6 Å².